The van der Waals surface area contributed by atoms with Gasteiger partial charge < -0.3 is 5.32 Å². The van der Waals surface area contributed by atoms with Crippen LogP contribution in [0.2, 0.25) is 5.02 Å². The van der Waals surface area contributed by atoms with Crippen molar-refractivity contribution in [3.63, 3.8) is 0 Å². The number of nitrogens with one attached hydrogen (secondary N) is 1. The molecule has 2 rings (SSSR count). The molecule has 4 heteroatoms. The van der Waals surface area contributed by atoms with Gasteiger partial charge in [-0.3, -0.25) is 0 Å². The number of hydrogen-bond acceptors (Lipinski definition) is 3. The number of aromatic nitrogens is 1. The molecule has 0 aliphatic rings. The molecule has 0 fully saturated rings. The number of rotatable bonds is 5. The molecule has 0 saturated carbocycles. The second-order valence-electron chi connectivity index (χ2n) is 4.17. The molecule has 0 atom stereocenters. The predicted octanol–water partition coefficient (Wildman–Crippen LogP) is 3.67. The lowest BCUT2D eigenvalue weighted by Crippen LogP contribution is -2.05. The maximum Gasteiger partial charge on any atom is 0.0975 e. The first-order valence-electron chi connectivity index (χ1n) is 6.09. The minimum Gasteiger partial charge on any atom is -0.315 e. The molecule has 0 spiro atoms. The highest BCUT2D eigenvalue weighted by Crippen LogP contribution is 2.22. The van der Waals surface area contributed by atoms with Gasteiger partial charge in [0.1, 0.15) is 0 Å². The summed E-state index contributed by atoms with van der Waals surface area (Å²) in [4.78, 5) is 6.05. The summed E-state index contributed by atoms with van der Waals surface area (Å²) in [7, 11) is 1.97. The Morgan fingerprint density at radius 1 is 1.39 bits per heavy atom. The van der Waals surface area contributed by atoms with Crippen LogP contribution >= 0.6 is 22.9 Å². The van der Waals surface area contributed by atoms with E-state index in [1.54, 1.807) is 11.3 Å². The molecule has 0 unspecified atom stereocenters. The molecular formula is C14H17ClN2S. The van der Waals surface area contributed by atoms with Crippen molar-refractivity contribution in [3.05, 3.63) is 50.4 Å². The third-order valence-corrected chi connectivity index (χ3v) is 4.07. The van der Waals surface area contributed by atoms with Crippen LogP contribution in [-0.4, -0.2) is 12.0 Å². The van der Waals surface area contributed by atoms with Crippen molar-refractivity contribution in [1.82, 2.24) is 10.3 Å². The molecule has 2 aromatic rings. The summed E-state index contributed by atoms with van der Waals surface area (Å²) in [5.41, 5.74) is 2.43. The Morgan fingerprint density at radius 2 is 2.22 bits per heavy atom. The SMILES string of the molecule is CCc1nc(Cc2cccc(Cl)c2)sc1CNC. The van der Waals surface area contributed by atoms with Gasteiger partial charge in [-0.1, -0.05) is 30.7 Å². The van der Waals surface area contributed by atoms with E-state index in [-0.39, 0.29) is 0 Å². The molecular weight excluding hydrogens is 264 g/mol. The van der Waals surface area contributed by atoms with Crippen LogP contribution in [0.5, 0.6) is 0 Å². The molecule has 0 bridgehead atoms. The van der Waals surface area contributed by atoms with E-state index >= 15 is 0 Å². The summed E-state index contributed by atoms with van der Waals surface area (Å²) in [6.07, 6.45) is 1.85. The van der Waals surface area contributed by atoms with E-state index in [1.807, 2.05) is 25.2 Å². The normalized spacial score (nSPS) is 10.8. The third kappa shape index (κ3) is 3.31. The maximum absolute atomic E-state index is 6.00. The monoisotopic (exact) mass is 280 g/mol. The summed E-state index contributed by atoms with van der Waals surface area (Å²) in [5, 5.41) is 5.15. The van der Waals surface area contributed by atoms with Crippen molar-refractivity contribution in [2.45, 2.75) is 26.3 Å². The Hall–Kier alpha value is -0.900. The fourth-order valence-corrected chi connectivity index (χ4v) is 3.33. The van der Waals surface area contributed by atoms with Gasteiger partial charge in [-0.2, -0.15) is 0 Å². The molecule has 0 amide bonds. The highest BCUT2D eigenvalue weighted by Gasteiger charge is 2.09. The Labute approximate surface area is 117 Å². The second-order valence-corrected chi connectivity index (χ2v) is 5.77. The van der Waals surface area contributed by atoms with Crippen LogP contribution in [0.4, 0.5) is 0 Å². The average Bonchev–Trinajstić information content (AvgIpc) is 2.72. The first kappa shape index (κ1) is 13.5. The molecule has 96 valence electrons. The van der Waals surface area contributed by atoms with Crippen molar-refractivity contribution >= 4 is 22.9 Å². The van der Waals surface area contributed by atoms with Gasteiger partial charge in [-0.25, -0.2) is 4.98 Å². The van der Waals surface area contributed by atoms with Gasteiger partial charge in [0.2, 0.25) is 0 Å². The molecule has 18 heavy (non-hydrogen) atoms. The van der Waals surface area contributed by atoms with Gasteiger partial charge in [0, 0.05) is 22.9 Å². The number of halogens is 1. The van der Waals surface area contributed by atoms with Crippen LogP contribution in [0.1, 0.15) is 28.1 Å². The summed E-state index contributed by atoms with van der Waals surface area (Å²) in [6, 6.07) is 7.99. The third-order valence-electron chi connectivity index (χ3n) is 2.74. The van der Waals surface area contributed by atoms with Crippen LogP contribution in [0, 0.1) is 0 Å². The molecule has 0 radical (unpaired) electrons. The van der Waals surface area contributed by atoms with Gasteiger partial charge in [0.15, 0.2) is 0 Å². The van der Waals surface area contributed by atoms with E-state index in [4.69, 9.17) is 16.6 Å². The lowest BCUT2D eigenvalue weighted by atomic mass is 10.2. The van der Waals surface area contributed by atoms with Crippen LogP contribution in [0.25, 0.3) is 0 Å². The van der Waals surface area contributed by atoms with E-state index in [0.717, 1.165) is 24.4 Å². The number of benzene rings is 1. The van der Waals surface area contributed by atoms with E-state index in [1.165, 1.54) is 21.1 Å². The Morgan fingerprint density at radius 3 is 2.89 bits per heavy atom. The molecule has 0 aliphatic heterocycles. The number of hydrogen-bond donors (Lipinski definition) is 1. The first-order chi connectivity index (χ1) is 8.72. The summed E-state index contributed by atoms with van der Waals surface area (Å²) in [6.45, 7) is 3.05. The van der Waals surface area contributed by atoms with Crippen molar-refractivity contribution < 1.29 is 0 Å². The van der Waals surface area contributed by atoms with Crippen LogP contribution in [-0.2, 0) is 19.4 Å². The topological polar surface area (TPSA) is 24.9 Å². The number of aryl methyl sites for hydroxylation is 1. The minimum atomic E-state index is 0.787. The van der Waals surface area contributed by atoms with Crippen molar-refractivity contribution in [2.75, 3.05) is 7.05 Å². The highest BCUT2D eigenvalue weighted by atomic mass is 35.5. The van der Waals surface area contributed by atoms with E-state index in [9.17, 15) is 0 Å². The second kappa shape index (κ2) is 6.32. The van der Waals surface area contributed by atoms with Crippen molar-refractivity contribution in [3.8, 4) is 0 Å². The smallest absolute Gasteiger partial charge is 0.0975 e. The number of nitrogens with zero attached hydrogens (tertiary/aromatic N) is 1. The van der Waals surface area contributed by atoms with Gasteiger partial charge >= 0.3 is 0 Å². The fourth-order valence-electron chi connectivity index (χ4n) is 1.91. The summed E-state index contributed by atoms with van der Waals surface area (Å²) < 4.78 is 0. The van der Waals surface area contributed by atoms with Crippen LogP contribution < -0.4 is 5.32 Å². The first-order valence-corrected chi connectivity index (χ1v) is 7.29. The highest BCUT2D eigenvalue weighted by molar-refractivity contribution is 7.11. The van der Waals surface area contributed by atoms with Gasteiger partial charge in [0.25, 0.3) is 0 Å². The minimum absolute atomic E-state index is 0.787. The number of thiazole rings is 1. The Bertz CT molecular complexity index is 522. The molecule has 1 heterocycles. The van der Waals surface area contributed by atoms with Crippen LogP contribution in [0.15, 0.2) is 24.3 Å². The Kier molecular flexibility index (Phi) is 4.75. The van der Waals surface area contributed by atoms with E-state index in [0.29, 0.717) is 0 Å². The zero-order valence-electron chi connectivity index (χ0n) is 10.7. The van der Waals surface area contributed by atoms with E-state index < -0.39 is 0 Å². The van der Waals surface area contributed by atoms with Crippen molar-refractivity contribution in [1.29, 1.82) is 0 Å². The summed E-state index contributed by atoms with van der Waals surface area (Å²) >= 11 is 7.79. The lowest BCUT2D eigenvalue weighted by molar-refractivity contribution is 0.813. The Balaban J connectivity index is 2.19. The van der Waals surface area contributed by atoms with E-state index in [2.05, 4.69) is 18.3 Å². The molecule has 0 aliphatic carbocycles. The standard InChI is InChI=1S/C14H17ClN2S/c1-3-12-13(9-16-2)18-14(17-12)8-10-5-4-6-11(15)7-10/h4-7,16H,3,8-9H2,1-2H3. The zero-order chi connectivity index (χ0) is 13.0. The largest absolute Gasteiger partial charge is 0.315 e. The zero-order valence-corrected chi connectivity index (χ0v) is 12.2. The molecule has 2 nitrogen and oxygen atoms in total. The molecule has 1 N–H and O–H groups in total. The van der Waals surface area contributed by atoms with Gasteiger partial charge in [0.05, 0.1) is 10.7 Å². The lowest BCUT2D eigenvalue weighted by Gasteiger charge is -1.98. The predicted molar refractivity (Wildman–Crippen MR) is 78.5 cm³/mol. The quantitative estimate of drug-likeness (QED) is 0.904. The van der Waals surface area contributed by atoms with Crippen LogP contribution in [0.3, 0.4) is 0 Å². The molecule has 1 aromatic heterocycles. The fraction of sp³-hybridized carbons (Fsp3) is 0.357. The van der Waals surface area contributed by atoms with Gasteiger partial charge in [-0.15, -0.1) is 11.3 Å². The van der Waals surface area contributed by atoms with Crippen molar-refractivity contribution in [2.24, 2.45) is 0 Å². The maximum atomic E-state index is 6.00. The average molecular weight is 281 g/mol. The molecule has 1 aromatic carbocycles. The summed E-state index contributed by atoms with van der Waals surface area (Å²) in [5.74, 6) is 0. The molecule has 0 saturated heterocycles. The van der Waals surface area contributed by atoms with Gasteiger partial charge in [-0.05, 0) is 31.2 Å².